The van der Waals surface area contributed by atoms with E-state index in [1.165, 1.54) is 0 Å². The van der Waals surface area contributed by atoms with E-state index in [1.807, 2.05) is 16.8 Å². The molecule has 5 heteroatoms. The van der Waals surface area contributed by atoms with E-state index in [-0.39, 0.29) is 0 Å². The maximum Gasteiger partial charge on any atom is 0.174 e. The lowest BCUT2D eigenvalue weighted by molar-refractivity contribution is 0.415. The van der Waals surface area contributed by atoms with Gasteiger partial charge in [0, 0.05) is 24.5 Å². The maximum absolute atomic E-state index is 5.30. The number of ether oxygens (including phenoxy) is 1. The molecule has 3 aromatic rings. The third-order valence-corrected chi connectivity index (χ3v) is 3.82. The minimum atomic E-state index is 0.868. The Bertz CT molecular complexity index is 757. The number of fused-ring (bicyclic) bond motifs is 1. The molecule has 3 rings (SSSR count). The highest BCUT2D eigenvalue weighted by Gasteiger charge is 2.14. The minimum absolute atomic E-state index is 0.868. The van der Waals surface area contributed by atoms with Crippen LogP contribution < -0.4 is 4.74 Å². The molecular weight excluding hydrogens is 264 g/mol. The second-order valence-electron chi connectivity index (χ2n) is 5.17. The van der Waals surface area contributed by atoms with Gasteiger partial charge in [0.2, 0.25) is 0 Å². The summed E-state index contributed by atoms with van der Waals surface area (Å²) in [5.41, 5.74) is 2.24. The number of hydrogen-bond donors (Lipinski definition) is 0. The molecule has 0 aliphatic carbocycles. The Morgan fingerprint density at radius 3 is 2.86 bits per heavy atom. The number of aromatic nitrogens is 4. The number of rotatable bonds is 5. The summed E-state index contributed by atoms with van der Waals surface area (Å²) in [6, 6.07) is 8.24. The first-order valence-corrected chi connectivity index (χ1v) is 7.26. The van der Waals surface area contributed by atoms with Crippen molar-refractivity contribution in [3.63, 3.8) is 0 Å². The number of methoxy groups -OCH3 is 1. The summed E-state index contributed by atoms with van der Waals surface area (Å²) < 4.78 is 9.43. The molecule has 0 fully saturated rings. The molecule has 0 atom stereocenters. The lowest BCUT2D eigenvalue weighted by Crippen LogP contribution is -2.04. The summed E-state index contributed by atoms with van der Waals surface area (Å²) >= 11 is 0. The van der Waals surface area contributed by atoms with Gasteiger partial charge in [0.15, 0.2) is 5.82 Å². The Morgan fingerprint density at radius 2 is 2.10 bits per heavy atom. The van der Waals surface area contributed by atoms with E-state index in [9.17, 15) is 0 Å². The number of hydrogen-bond acceptors (Lipinski definition) is 3. The van der Waals surface area contributed by atoms with Gasteiger partial charge in [-0.25, -0.2) is 9.67 Å². The van der Waals surface area contributed by atoms with Gasteiger partial charge >= 0.3 is 0 Å². The fourth-order valence-electron chi connectivity index (χ4n) is 2.60. The van der Waals surface area contributed by atoms with Crippen LogP contribution in [0.25, 0.3) is 22.4 Å². The first kappa shape index (κ1) is 13.7. The van der Waals surface area contributed by atoms with E-state index in [2.05, 4.69) is 40.8 Å². The zero-order chi connectivity index (χ0) is 14.8. The van der Waals surface area contributed by atoms with Gasteiger partial charge in [-0.05, 0) is 30.7 Å². The first-order chi connectivity index (χ1) is 10.2. The summed E-state index contributed by atoms with van der Waals surface area (Å²) in [5, 5.41) is 5.49. The van der Waals surface area contributed by atoms with Crippen LogP contribution in [-0.2, 0) is 13.6 Å². The molecule has 0 unspecified atom stereocenters. The predicted octanol–water partition coefficient (Wildman–Crippen LogP) is 3.25. The van der Waals surface area contributed by atoms with Gasteiger partial charge in [0.25, 0.3) is 0 Å². The summed E-state index contributed by atoms with van der Waals surface area (Å²) in [7, 11) is 3.75. The van der Waals surface area contributed by atoms with Crippen LogP contribution in [0.1, 0.15) is 19.8 Å². The van der Waals surface area contributed by atoms with E-state index in [1.54, 1.807) is 13.4 Å². The van der Waals surface area contributed by atoms with Crippen LogP contribution >= 0.6 is 0 Å². The second-order valence-corrected chi connectivity index (χ2v) is 5.17. The van der Waals surface area contributed by atoms with Gasteiger partial charge in [-0.3, -0.25) is 0 Å². The van der Waals surface area contributed by atoms with Crippen LogP contribution in [0.2, 0.25) is 0 Å². The van der Waals surface area contributed by atoms with Crippen LogP contribution in [0, 0.1) is 0 Å². The summed E-state index contributed by atoms with van der Waals surface area (Å²) in [4.78, 5) is 4.44. The fraction of sp³-hybridized carbons (Fsp3) is 0.375. The van der Waals surface area contributed by atoms with Crippen molar-refractivity contribution in [3.05, 3.63) is 30.6 Å². The molecule has 0 aliphatic heterocycles. The fourth-order valence-corrected chi connectivity index (χ4v) is 2.60. The minimum Gasteiger partial charge on any atom is -0.497 e. The van der Waals surface area contributed by atoms with E-state index < -0.39 is 0 Å². The van der Waals surface area contributed by atoms with Gasteiger partial charge in [-0.2, -0.15) is 5.10 Å². The van der Waals surface area contributed by atoms with Gasteiger partial charge in [0.1, 0.15) is 12.1 Å². The molecule has 5 nitrogen and oxygen atoms in total. The highest BCUT2D eigenvalue weighted by atomic mass is 16.5. The van der Waals surface area contributed by atoms with Gasteiger partial charge < -0.3 is 9.30 Å². The Labute approximate surface area is 124 Å². The van der Waals surface area contributed by atoms with Crippen LogP contribution in [0.4, 0.5) is 0 Å². The Morgan fingerprint density at radius 1 is 1.24 bits per heavy atom. The van der Waals surface area contributed by atoms with Crippen LogP contribution in [0.3, 0.4) is 0 Å². The number of unbranched alkanes of at least 4 members (excludes halogenated alkanes) is 1. The lowest BCUT2D eigenvalue weighted by atomic mass is 10.2. The van der Waals surface area contributed by atoms with Gasteiger partial charge in [-0.1, -0.05) is 13.3 Å². The topological polar surface area (TPSA) is 44.9 Å². The zero-order valence-electron chi connectivity index (χ0n) is 12.7. The standard InChI is InChI=1S/C16H20N4O/c1-4-5-8-20-16(17-11-18-20)15-10-12-9-13(21-3)6-7-14(12)19(15)2/h6-7,9-11H,4-5,8H2,1-3H3. The molecule has 2 heterocycles. The summed E-state index contributed by atoms with van der Waals surface area (Å²) in [5.74, 6) is 1.79. The van der Waals surface area contributed by atoms with Crippen LogP contribution in [0.5, 0.6) is 5.75 Å². The van der Waals surface area contributed by atoms with Crippen molar-refractivity contribution in [1.29, 1.82) is 0 Å². The third kappa shape index (κ3) is 2.39. The summed E-state index contributed by atoms with van der Waals surface area (Å²) in [6.45, 7) is 3.08. The molecule has 0 aliphatic rings. The van der Waals surface area contributed by atoms with Crippen LogP contribution in [-0.4, -0.2) is 26.4 Å². The Kier molecular flexibility index (Phi) is 3.64. The summed E-state index contributed by atoms with van der Waals surface area (Å²) in [6.07, 6.45) is 3.88. The molecule has 21 heavy (non-hydrogen) atoms. The van der Waals surface area contributed by atoms with Gasteiger partial charge in [-0.15, -0.1) is 0 Å². The Hall–Kier alpha value is -2.30. The quantitative estimate of drug-likeness (QED) is 0.722. The van der Waals surface area contributed by atoms with E-state index >= 15 is 0 Å². The third-order valence-electron chi connectivity index (χ3n) is 3.82. The average molecular weight is 284 g/mol. The molecule has 0 spiro atoms. The monoisotopic (exact) mass is 284 g/mol. The molecule has 1 aromatic carbocycles. The highest BCUT2D eigenvalue weighted by Crippen LogP contribution is 2.28. The highest BCUT2D eigenvalue weighted by molar-refractivity contribution is 5.87. The molecule has 0 radical (unpaired) electrons. The zero-order valence-corrected chi connectivity index (χ0v) is 12.7. The first-order valence-electron chi connectivity index (χ1n) is 7.26. The lowest BCUT2D eigenvalue weighted by Gasteiger charge is -2.06. The van der Waals surface area contributed by atoms with E-state index in [0.717, 1.165) is 47.6 Å². The largest absolute Gasteiger partial charge is 0.497 e. The average Bonchev–Trinajstić information content (AvgIpc) is 3.09. The molecule has 0 saturated carbocycles. The van der Waals surface area contributed by atoms with Crippen molar-refractivity contribution in [2.75, 3.05) is 7.11 Å². The van der Waals surface area contributed by atoms with Gasteiger partial charge in [0.05, 0.1) is 12.8 Å². The molecule has 2 aromatic heterocycles. The van der Waals surface area contributed by atoms with Crippen molar-refractivity contribution in [2.24, 2.45) is 7.05 Å². The van der Waals surface area contributed by atoms with Crippen LogP contribution in [0.15, 0.2) is 30.6 Å². The van der Waals surface area contributed by atoms with E-state index in [4.69, 9.17) is 4.74 Å². The molecular formula is C16H20N4O. The maximum atomic E-state index is 5.30. The molecule has 0 bridgehead atoms. The number of aryl methyl sites for hydroxylation is 2. The molecule has 0 amide bonds. The van der Waals surface area contributed by atoms with Crippen molar-refractivity contribution < 1.29 is 4.74 Å². The van der Waals surface area contributed by atoms with Crippen molar-refractivity contribution in [3.8, 4) is 17.3 Å². The number of benzene rings is 1. The molecule has 110 valence electrons. The van der Waals surface area contributed by atoms with Crippen molar-refractivity contribution >= 4 is 10.9 Å². The normalized spacial score (nSPS) is 11.2. The predicted molar refractivity (Wildman–Crippen MR) is 83.4 cm³/mol. The molecule has 0 N–H and O–H groups in total. The van der Waals surface area contributed by atoms with Crippen molar-refractivity contribution in [1.82, 2.24) is 19.3 Å². The SMILES string of the molecule is CCCCn1ncnc1-c1cc2cc(OC)ccc2n1C. The Balaban J connectivity index is 2.08. The molecule has 0 saturated heterocycles. The second kappa shape index (κ2) is 5.60. The van der Waals surface area contributed by atoms with E-state index in [0.29, 0.717) is 0 Å². The van der Waals surface area contributed by atoms with Crippen molar-refractivity contribution in [2.45, 2.75) is 26.3 Å². The smallest absolute Gasteiger partial charge is 0.174 e. The number of nitrogens with zero attached hydrogens (tertiary/aromatic N) is 4.